The number of amides is 1. The van der Waals surface area contributed by atoms with Crippen LogP contribution < -0.4 is 0 Å². The van der Waals surface area contributed by atoms with E-state index in [9.17, 15) is 14.7 Å². The minimum atomic E-state index is -0.734. The molecule has 1 aliphatic heterocycles. The predicted octanol–water partition coefficient (Wildman–Crippen LogP) is 4.67. The molecule has 160 valence electrons. The topological polar surface area (TPSA) is 82.6 Å². The third-order valence-electron chi connectivity index (χ3n) is 5.36. The Balaban J connectivity index is 1.85. The maximum absolute atomic E-state index is 13.0. The third-order valence-corrected chi connectivity index (χ3v) is 5.61. The molecule has 2 heterocycles. The van der Waals surface area contributed by atoms with Crippen LogP contribution in [0.3, 0.4) is 0 Å². The van der Waals surface area contributed by atoms with E-state index in [0.717, 1.165) is 16.5 Å². The molecule has 1 saturated heterocycles. The lowest BCUT2D eigenvalue weighted by atomic mass is 9.95. The number of Topliss-reactive ketones (excluding diaryl/α,β-unsaturated/α-hetero) is 1. The Kier molecular flexibility index (Phi) is 5.85. The summed E-state index contributed by atoms with van der Waals surface area (Å²) < 4.78 is 5.63. The molecule has 4 rings (SSSR count). The SMILES string of the molecule is CC(C)OCCN1C(=O)C(=O)/C(=C(/O)c2ccc(Cl)cc2)C1c1c[nH]c2ccccc12. The van der Waals surface area contributed by atoms with Crippen LogP contribution in [-0.4, -0.2) is 45.9 Å². The van der Waals surface area contributed by atoms with Gasteiger partial charge in [-0.2, -0.15) is 0 Å². The standard InChI is InChI=1S/C24H23ClN2O4/c1-14(2)31-12-11-27-21(18-13-26-19-6-4-3-5-17(18)19)20(23(29)24(27)30)22(28)15-7-9-16(25)10-8-15/h3-10,13-14,21,26,28H,11-12H2,1-2H3/b22-20+. The molecule has 2 N–H and O–H groups in total. The molecule has 0 radical (unpaired) electrons. The number of rotatable bonds is 6. The fourth-order valence-electron chi connectivity index (χ4n) is 3.90. The summed E-state index contributed by atoms with van der Waals surface area (Å²) in [7, 11) is 0. The lowest BCUT2D eigenvalue weighted by Crippen LogP contribution is -2.33. The van der Waals surface area contributed by atoms with Crippen LogP contribution in [0.25, 0.3) is 16.7 Å². The van der Waals surface area contributed by atoms with Crippen LogP contribution in [0.1, 0.15) is 31.0 Å². The van der Waals surface area contributed by atoms with Gasteiger partial charge >= 0.3 is 0 Å². The van der Waals surface area contributed by atoms with Gasteiger partial charge in [-0.05, 0) is 44.2 Å². The highest BCUT2D eigenvalue weighted by Gasteiger charge is 2.46. The van der Waals surface area contributed by atoms with Crippen molar-refractivity contribution in [2.75, 3.05) is 13.2 Å². The van der Waals surface area contributed by atoms with Crippen LogP contribution >= 0.6 is 11.6 Å². The minimum absolute atomic E-state index is 0.00238. The zero-order chi connectivity index (χ0) is 22.1. The Morgan fingerprint density at radius 2 is 1.87 bits per heavy atom. The molecule has 6 nitrogen and oxygen atoms in total. The number of likely N-dealkylation sites (tertiary alicyclic amines) is 1. The van der Waals surface area contributed by atoms with E-state index in [0.29, 0.717) is 10.6 Å². The average Bonchev–Trinajstić information content (AvgIpc) is 3.28. The van der Waals surface area contributed by atoms with Gasteiger partial charge < -0.3 is 19.7 Å². The van der Waals surface area contributed by atoms with Gasteiger partial charge in [0, 0.05) is 39.8 Å². The van der Waals surface area contributed by atoms with Crippen molar-refractivity contribution in [1.29, 1.82) is 0 Å². The van der Waals surface area contributed by atoms with Crippen molar-refractivity contribution >= 4 is 40.0 Å². The number of hydrogen-bond acceptors (Lipinski definition) is 4. The molecule has 0 aliphatic carbocycles. The number of aliphatic hydroxyl groups is 1. The predicted molar refractivity (Wildman–Crippen MR) is 120 cm³/mol. The van der Waals surface area contributed by atoms with E-state index in [1.54, 1.807) is 30.5 Å². The maximum Gasteiger partial charge on any atom is 0.295 e. The smallest absolute Gasteiger partial charge is 0.295 e. The highest BCUT2D eigenvalue weighted by molar-refractivity contribution is 6.46. The van der Waals surface area contributed by atoms with Crippen molar-refractivity contribution in [3.63, 3.8) is 0 Å². The van der Waals surface area contributed by atoms with Gasteiger partial charge in [-0.1, -0.05) is 29.8 Å². The number of nitrogens with zero attached hydrogens (tertiary/aromatic N) is 1. The Hall–Kier alpha value is -3.09. The van der Waals surface area contributed by atoms with E-state index in [4.69, 9.17) is 16.3 Å². The summed E-state index contributed by atoms with van der Waals surface area (Å²) in [6, 6.07) is 13.4. The van der Waals surface area contributed by atoms with Crippen molar-refractivity contribution in [3.05, 3.63) is 76.5 Å². The molecule has 0 bridgehead atoms. The van der Waals surface area contributed by atoms with Crippen LogP contribution in [0.2, 0.25) is 5.02 Å². The number of carbonyl (C=O) groups excluding carboxylic acids is 2. The molecule has 0 spiro atoms. The molecule has 3 aromatic rings. The van der Waals surface area contributed by atoms with Crippen molar-refractivity contribution in [3.8, 4) is 0 Å². The zero-order valence-electron chi connectivity index (χ0n) is 17.3. The van der Waals surface area contributed by atoms with Crippen LogP contribution in [0.5, 0.6) is 0 Å². The van der Waals surface area contributed by atoms with Crippen LogP contribution in [0.15, 0.2) is 60.3 Å². The average molecular weight is 439 g/mol. The first kappa shape index (κ1) is 21.2. The lowest BCUT2D eigenvalue weighted by Gasteiger charge is -2.25. The van der Waals surface area contributed by atoms with E-state index >= 15 is 0 Å². The molecule has 1 aliphatic rings. The number of aromatic amines is 1. The molecule has 1 amide bonds. The third kappa shape index (κ3) is 3.96. The molecule has 31 heavy (non-hydrogen) atoms. The second kappa shape index (κ2) is 8.57. The number of para-hydroxylation sites is 1. The lowest BCUT2D eigenvalue weighted by molar-refractivity contribution is -0.140. The van der Waals surface area contributed by atoms with E-state index < -0.39 is 17.7 Å². The van der Waals surface area contributed by atoms with Gasteiger partial charge in [-0.25, -0.2) is 0 Å². The van der Waals surface area contributed by atoms with Gasteiger partial charge in [0.05, 0.1) is 24.3 Å². The number of ether oxygens (including phenoxy) is 1. The molecule has 7 heteroatoms. The fraction of sp³-hybridized carbons (Fsp3) is 0.250. The monoisotopic (exact) mass is 438 g/mol. The molecule has 1 atom stereocenters. The van der Waals surface area contributed by atoms with Crippen molar-refractivity contribution in [2.24, 2.45) is 0 Å². The number of aromatic nitrogens is 1. The molecular weight excluding hydrogens is 416 g/mol. The van der Waals surface area contributed by atoms with Crippen LogP contribution in [0, 0.1) is 0 Å². The number of benzene rings is 2. The summed E-state index contributed by atoms with van der Waals surface area (Å²) in [5.74, 6) is -1.59. The minimum Gasteiger partial charge on any atom is -0.507 e. The van der Waals surface area contributed by atoms with Crippen LogP contribution in [-0.2, 0) is 14.3 Å². The number of ketones is 1. The number of nitrogens with one attached hydrogen (secondary N) is 1. The summed E-state index contributed by atoms with van der Waals surface area (Å²) in [6.45, 7) is 4.33. The fourth-order valence-corrected chi connectivity index (χ4v) is 4.03. The van der Waals surface area contributed by atoms with Crippen molar-refractivity contribution < 1.29 is 19.4 Å². The van der Waals surface area contributed by atoms with Gasteiger partial charge in [-0.3, -0.25) is 9.59 Å². The highest BCUT2D eigenvalue weighted by atomic mass is 35.5. The molecule has 1 aromatic heterocycles. The summed E-state index contributed by atoms with van der Waals surface area (Å²) in [5.41, 5.74) is 2.11. The number of carbonyl (C=O) groups is 2. The van der Waals surface area contributed by atoms with Gasteiger partial charge in [0.15, 0.2) is 0 Å². The van der Waals surface area contributed by atoms with E-state index in [-0.39, 0.29) is 30.6 Å². The molecular formula is C24H23ClN2O4. The van der Waals surface area contributed by atoms with E-state index in [1.807, 2.05) is 38.1 Å². The number of fused-ring (bicyclic) bond motifs is 1. The number of aliphatic hydroxyl groups excluding tert-OH is 1. The summed E-state index contributed by atoms with van der Waals surface area (Å²) in [6.07, 6.45) is 1.78. The van der Waals surface area contributed by atoms with Crippen LogP contribution in [0.4, 0.5) is 0 Å². The Morgan fingerprint density at radius 3 is 2.58 bits per heavy atom. The van der Waals surface area contributed by atoms with Gasteiger partial charge in [-0.15, -0.1) is 0 Å². The van der Waals surface area contributed by atoms with E-state index in [1.165, 1.54) is 4.90 Å². The summed E-state index contributed by atoms with van der Waals surface area (Å²) in [4.78, 5) is 30.7. The highest BCUT2D eigenvalue weighted by Crippen LogP contribution is 2.41. The second-order valence-corrected chi connectivity index (χ2v) is 8.14. The molecule has 2 aromatic carbocycles. The quantitative estimate of drug-likeness (QED) is 0.333. The first-order chi connectivity index (χ1) is 14.9. The maximum atomic E-state index is 13.0. The molecule has 1 fully saturated rings. The first-order valence-electron chi connectivity index (χ1n) is 10.1. The van der Waals surface area contributed by atoms with E-state index in [2.05, 4.69) is 4.98 Å². The number of halogens is 1. The van der Waals surface area contributed by atoms with Gasteiger partial charge in [0.2, 0.25) is 0 Å². The van der Waals surface area contributed by atoms with Gasteiger partial charge in [0.1, 0.15) is 5.76 Å². The zero-order valence-corrected chi connectivity index (χ0v) is 18.0. The van der Waals surface area contributed by atoms with Gasteiger partial charge in [0.25, 0.3) is 11.7 Å². The van der Waals surface area contributed by atoms with Crippen molar-refractivity contribution in [2.45, 2.75) is 26.0 Å². The molecule has 1 unspecified atom stereocenters. The first-order valence-corrected chi connectivity index (χ1v) is 10.5. The number of hydrogen-bond donors (Lipinski definition) is 2. The Labute approximate surface area is 185 Å². The Bertz CT molecular complexity index is 1160. The molecule has 0 saturated carbocycles. The Morgan fingerprint density at radius 1 is 1.16 bits per heavy atom. The normalized spacial score (nSPS) is 18.5. The second-order valence-electron chi connectivity index (χ2n) is 7.71. The largest absolute Gasteiger partial charge is 0.507 e. The summed E-state index contributed by atoms with van der Waals surface area (Å²) >= 11 is 5.96. The van der Waals surface area contributed by atoms with Crippen molar-refractivity contribution in [1.82, 2.24) is 9.88 Å². The summed E-state index contributed by atoms with van der Waals surface area (Å²) in [5, 5.41) is 12.5. The number of H-pyrrole nitrogens is 1.